The van der Waals surface area contributed by atoms with E-state index in [0.29, 0.717) is 6.54 Å². The Hall–Kier alpha value is -1.57. The second kappa shape index (κ2) is 4.97. The summed E-state index contributed by atoms with van der Waals surface area (Å²) >= 11 is 1.88. The van der Waals surface area contributed by atoms with E-state index in [0.717, 1.165) is 12.2 Å². The molecule has 1 saturated heterocycles. The van der Waals surface area contributed by atoms with Crippen molar-refractivity contribution >= 4 is 29.1 Å². The molecule has 0 aromatic carbocycles. The third-order valence-corrected chi connectivity index (χ3v) is 4.50. The van der Waals surface area contributed by atoms with Gasteiger partial charge in [0, 0.05) is 11.3 Å². The van der Waals surface area contributed by atoms with Gasteiger partial charge in [0.05, 0.1) is 4.92 Å². The van der Waals surface area contributed by atoms with Crippen molar-refractivity contribution in [3.05, 3.63) is 16.4 Å². The first-order valence-electron chi connectivity index (χ1n) is 5.64. The molecule has 0 spiro atoms. The fourth-order valence-electron chi connectivity index (χ4n) is 1.95. The molecule has 0 amide bonds. The minimum absolute atomic E-state index is 0.105. The lowest BCUT2D eigenvalue weighted by Crippen LogP contribution is -2.27. The molecule has 0 radical (unpaired) electrons. The molecular weight excluding hydrogens is 254 g/mol. The van der Waals surface area contributed by atoms with Crippen LogP contribution in [-0.4, -0.2) is 31.9 Å². The first-order chi connectivity index (χ1) is 8.52. The summed E-state index contributed by atoms with van der Waals surface area (Å²) in [5.74, 6) is 1.22. The van der Waals surface area contributed by atoms with Crippen molar-refractivity contribution in [2.45, 2.75) is 24.5 Å². The zero-order valence-corrected chi connectivity index (χ0v) is 10.9. The van der Waals surface area contributed by atoms with Gasteiger partial charge in [-0.3, -0.25) is 10.1 Å². The van der Waals surface area contributed by atoms with Crippen molar-refractivity contribution in [1.29, 1.82) is 0 Å². The average Bonchev–Trinajstić information content (AvgIpc) is 2.73. The van der Waals surface area contributed by atoms with Crippen LogP contribution in [0.25, 0.3) is 0 Å². The van der Waals surface area contributed by atoms with Crippen LogP contribution >= 0.6 is 11.8 Å². The Morgan fingerprint density at radius 1 is 1.67 bits per heavy atom. The number of anilines is 2. The number of nitro groups is 1. The number of hydrogen-bond acceptors (Lipinski definition) is 7. The van der Waals surface area contributed by atoms with Crippen molar-refractivity contribution < 1.29 is 4.92 Å². The van der Waals surface area contributed by atoms with Crippen LogP contribution in [0.5, 0.6) is 0 Å². The Balaban J connectivity index is 2.14. The minimum atomic E-state index is -0.554. The standard InChI is InChI=1S/C10H15N5O2S/c1-10(3-2-4-18-10)5-12-9-7(15(16)17)8(11)13-6-14-9/h6H,2-5H2,1H3,(H3,11,12,13,14). The van der Waals surface area contributed by atoms with E-state index in [4.69, 9.17) is 5.73 Å². The summed E-state index contributed by atoms with van der Waals surface area (Å²) in [5, 5.41) is 13.9. The summed E-state index contributed by atoms with van der Waals surface area (Å²) in [4.78, 5) is 17.9. The van der Waals surface area contributed by atoms with Gasteiger partial charge < -0.3 is 11.1 Å². The molecule has 1 unspecified atom stereocenters. The second-order valence-electron chi connectivity index (χ2n) is 4.47. The van der Waals surface area contributed by atoms with E-state index in [1.165, 1.54) is 12.7 Å². The first kappa shape index (κ1) is 12.9. The Morgan fingerprint density at radius 3 is 3.06 bits per heavy atom. The molecular formula is C10H15N5O2S. The zero-order valence-electron chi connectivity index (χ0n) is 10.0. The fourth-order valence-corrected chi connectivity index (χ4v) is 3.19. The molecule has 3 N–H and O–H groups in total. The molecule has 2 heterocycles. The van der Waals surface area contributed by atoms with Crippen LogP contribution in [0, 0.1) is 10.1 Å². The van der Waals surface area contributed by atoms with E-state index in [-0.39, 0.29) is 22.1 Å². The van der Waals surface area contributed by atoms with E-state index in [1.807, 2.05) is 11.8 Å². The number of nitrogens with one attached hydrogen (secondary N) is 1. The molecule has 0 aliphatic carbocycles. The maximum absolute atomic E-state index is 10.9. The summed E-state index contributed by atoms with van der Waals surface area (Å²) in [6.07, 6.45) is 3.50. The van der Waals surface area contributed by atoms with Crippen LogP contribution in [0.15, 0.2) is 6.33 Å². The van der Waals surface area contributed by atoms with Gasteiger partial charge in [-0.15, -0.1) is 0 Å². The van der Waals surface area contributed by atoms with Gasteiger partial charge in [0.1, 0.15) is 6.33 Å². The number of nitrogens with two attached hydrogens (primary N) is 1. The summed E-state index contributed by atoms with van der Waals surface area (Å²) in [5.41, 5.74) is 5.25. The molecule has 1 aliphatic heterocycles. The van der Waals surface area contributed by atoms with Gasteiger partial charge in [0.15, 0.2) is 0 Å². The number of nitrogens with zero attached hydrogens (tertiary/aromatic N) is 3. The predicted octanol–water partition coefficient (Wildman–Crippen LogP) is 1.66. The van der Waals surface area contributed by atoms with Crippen LogP contribution in [-0.2, 0) is 0 Å². The minimum Gasteiger partial charge on any atom is -0.378 e. The van der Waals surface area contributed by atoms with Crippen LogP contribution in [0.4, 0.5) is 17.3 Å². The molecule has 1 atom stereocenters. The summed E-state index contributed by atoms with van der Waals surface area (Å²) in [6.45, 7) is 2.78. The fraction of sp³-hybridized carbons (Fsp3) is 0.600. The van der Waals surface area contributed by atoms with Gasteiger partial charge in [-0.1, -0.05) is 0 Å². The Kier molecular flexibility index (Phi) is 3.55. The Labute approximate surface area is 109 Å². The predicted molar refractivity (Wildman–Crippen MR) is 71.7 cm³/mol. The van der Waals surface area contributed by atoms with Crippen LogP contribution in [0.3, 0.4) is 0 Å². The van der Waals surface area contributed by atoms with E-state index in [2.05, 4.69) is 22.2 Å². The quantitative estimate of drug-likeness (QED) is 0.632. The van der Waals surface area contributed by atoms with Gasteiger partial charge >= 0.3 is 5.69 Å². The molecule has 1 aliphatic rings. The lowest BCUT2D eigenvalue weighted by Gasteiger charge is -2.22. The number of aromatic nitrogens is 2. The molecule has 8 heteroatoms. The average molecular weight is 269 g/mol. The third-order valence-electron chi connectivity index (χ3n) is 2.96. The number of thioether (sulfide) groups is 1. The third kappa shape index (κ3) is 2.63. The zero-order chi connectivity index (χ0) is 13.2. The number of hydrogen-bond donors (Lipinski definition) is 2. The SMILES string of the molecule is CC1(CNc2ncnc(N)c2[N+](=O)[O-])CCCS1. The van der Waals surface area contributed by atoms with E-state index < -0.39 is 4.92 Å². The normalized spacial score (nSPS) is 22.9. The van der Waals surface area contributed by atoms with Crippen molar-refractivity contribution in [3.8, 4) is 0 Å². The first-order valence-corrected chi connectivity index (χ1v) is 6.63. The Morgan fingerprint density at radius 2 is 2.44 bits per heavy atom. The molecule has 1 aromatic rings. The van der Waals surface area contributed by atoms with E-state index >= 15 is 0 Å². The van der Waals surface area contributed by atoms with Crippen molar-refractivity contribution in [3.63, 3.8) is 0 Å². The second-order valence-corrected chi connectivity index (χ2v) is 6.15. The van der Waals surface area contributed by atoms with Crippen molar-refractivity contribution in [1.82, 2.24) is 9.97 Å². The van der Waals surface area contributed by atoms with Crippen LogP contribution in [0.2, 0.25) is 0 Å². The molecule has 0 saturated carbocycles. The highest BCUT2D eigenvalue weighted by molar-refractivity contribution is 8.00. The highest BCUT2D eigenvalue weighted by Crippen LogP contribution is 2.38. The number of nitrogen functional groups attached to an aromatic ring is 1. The van der Waals surface area contributed by atoms with E-state index in [9.17, 15) is 10.1 Å². The molecule has 0 bridgehead atoms. The molecule has 1 aromatic heterocycles. The van der Waals surface area contributed by atoms with Gasteiger partial charge in [-0.05, 0) is 25.5 Å². The maximum Gasteiger partial charge on any atom is 0.352 e. The molecule has 98 valence electrons. The largest absolute Gasteiger partial charge is 0.378 e. The van der Waals surface area contributed by atoms with Gasteiger partial charge in [-0.25, -0.2) is 9.97 Å². The van der Waals surface area contributed by atoms with Crippen LogP contribution < -0.4 is 11.1 Å². The van der Waals surface area contributed by atoms with Crippen LogP contribution in [0.1, 0.15) is 19.8 Å². The van der Waals surface area contributed by atoms with Crippen molar-refractivity contribution in [2.75, 3.05) is 23.3 Å². The number of rotatable bonds is 4. The maximum atomic E-state index is 10.9. The molecule has 1 fully saturated rings. The topological polar surface area (TPSA) is 107 Å². The monoisotopic (exact) mass is 269 g/mol. The molecule has 7 nitrogen and oxygen atoms in total. The highest BCUT2D eigenvalue weighted by Gasteiger charge is 2.30. The molecule has 2 rings (SSSR count). The van der Waals surface area contributed by atoms with Crippen molar-refractivity contribution in [2.24, 2.45) is 0 Å². The Bertz CT molecular complexity index is 462. The summed E-state index contributed by atoms with van der Waals surface area (Å²) in [7, 11) is 0. The van der Waals surface area contributed by atoms with Gasteiger partial charge in [-0.2, -0.15) is 11.8 Å². The highest BCUT2D eigenvalue weighted by atomic mass is 32.2. The van der Waals surface area contributed by atoms with Gasteiger partial charge in [0.2, 0.25) is 11.6 Å². The lowest BCUT2D eigenvalue weighted by atomic mass is 10.1. The van der Waals surface area contributed by atoms with Gasteiger partial charge in [0.25, 0.3) is 0 Å². The summed E-state index contributed by atoms with van der Waals surface area (Å²) in [6, 6.07) is 0. The molecule has 18 heavy (non-hydrogen) atoms. The smallest absolute Gasteiger partial charge is 0.352 e. The summed E-state index contributed by atoms with van der Waals surface area (Å²) < 4.78 is 0.105. The lowest BCUT2D eigenvalue weighted by molar-refractivity contribution is -0.383. The van der Waals surface area contributed by atoms with E-state index in [1.54, 1.807) is 0 Å².